The third-order valence-corrected chi connectivity index (χ3v) is 5.10. The molecular formula is C11H22N2OS. The largest absolute Gasteiger partial charge is 0.379 e. The average Bonchev–Trinajstić information content (AvgIpc) is 2.79. The third-order valence-electron chi connectivity index (χ3n) is 3.73. The highest BCUT2D eigenvalue weighted by Gasteiger charge is 2.41. The summed E-state index contributed by atoms with van der Waals surface area (Å²) in [7, 11) is 0. The summed E-state index contributed by atoms with van der Waals surface area (Å²) in [5.41, 5.74) is 6.12. The van der Waals surface area contributed by atoms with Crippen LogP contribution in [-0.4, -0.2) is 54.3 Å². The zero-order chi connectivity index (χ0) is 10.7. The van der Waals surface area contributed by atoms with Crippen LogP contribution < -0.4 is 5.73 Å². The second kappa shape index (κ2) is 5.04. The number of thioether (sulfide) groups is 1. The fraction of sp³-hybridized carbons (Fsp3) is 1.00. The van der Waals surface area contributed by atoms with Gasteiger partial charge in [-0.3, -0.25) is 4.90 Å². The Hall–Kier alpha value is 0.230. The van der Waals surface area contributed by atoms with E-state index in [1.165, 1.54) is 25.3 Å². The Morgan fingerprint density at radius 1 is 1.60 bits per heavy atom. The summed E-state index contributed by atoms with van der Waals surface area (Å²) in [4.78, 5) is 2.59. The zero-order valence-electron chi connectivity index (χ0n) is 9.58. The highest BCUT2D eigenvalue weighted by molar-refractivity contribution is 8.00. The summed E-state index contributed by atoms with van der Waals surface area (Å²) >= 11 is 2.11. The van der Waals surface area contributed by atoms with Crippen LogP contribution in [0.15, 0.2) is 0 Å². The molecule has 2 unspecified atom stereocenters. The first-order valence-corrected chi connectivity index (χ1v) is 7.00. The molecule has 2 heterocycles. The van der Waals surface area contributed by atoms with Crippen LogP contribution in [0.4, 0.5) is 0 Å². The van der Waals surface area contributed by atoms with Crippen molar-refractivity contribution in [3.63, 3.8) is 0 Å². The van der Waals surface area contributed by atoms with Crippen molar-refractivity contribution in [2.24, 2.45) is 5.73 Å². The lowest BCUT2D eigenvalue weighted by Gasteiger charge is -2.43. The monoisotopic (exact) mass is 230 g/mol. The fourth-order valence-corrected chi connectivity index (χ4v) is 3.71. The van der Waals surface area contributed by atoms with Crippen LogP contribution in [0.5, 0.6) is 0 Å². The Morgan fingerprint density at radius 3 is 3.07 bits per heavy atom. The average molecular weight is 230 g/mol. The standard InChI is InChI=1S/C11H22N2OS/c1-2-10-7-13(4-6-15-10)11(8-12)3-5-14-9-11/h10H,2-9,12H2,1H3. The van der Waals surface area contributed by atoms with Gasteiger partial charge in [-0.05, 0) is 12.8 Å². The Balaban J connectivity index is 2.01. The summed E-state index contributed by atoms with van der Waals surface area (Å²) in [5.74, 6) is 1.25. The van der Waals surface area contributed by atoms with E-state index in [1.807, 2.05) is 0 Å². The minimum atomic E-state index is 0.161. The summed E-state index contributed by atoms with van der Waals surface area (Å²) in [6.45, 7) is 7.13. The van der Waals surface area contributed by atoms with Gasteiger partial charge in [0.2, 0.25) is 0 Å². The highest BCUT2D eigenvalue weighted by Crippen LogP contribution is 2.31. The smallest absolute Gasteiger partial charge is 0.0663 e. The van der Waals surface area contributed by atoms with Gasteiger partial charge in [-0.25, -0.2) is 0 Å². The van der Waals surface area contributed by atoms with Crippen LogP contribution in [0.3, 0.4) is 0 Å². The van der Waals surface area contributed by atoms with E-state index in [1.54, 1.807) is 0 Å². The molecule has 2 rings (SSSR count). The van der Waals surface area contributed by atoms with Crippen molar-refractivity contribution < 1.29 is 4.74 Å². The van der Waals surface area contributed by atoms with Crippen molar-refractivity contribution in [1.29, 1.82) is 0 Å². The molecule has 88 valence electrons. The molecule has 2 aliphatic heterocycles. The number of nitrogens with zero attached hydrogens (tertiary/aromatic N) is 1. The molecule has 0 saturated carbocycles. The van der Waals surface area contributed by atoms with Gasteiger partial charge in [-0.1, -0.05) is 6.92 Å². The van der Waals surface area contributed by atoms with Crippen LogP contribution in [0.25, 0.3) is 0 Å². The van der Waals surface area contributed by atoms with Crippen LogP contribution >= 0.6 is 11.8 Å². The molecule has 0 amide bonds. The lowest BCUT2D eigenvalue weighted by atomic mass is 9.95. The molecule has 0 radical (unpaired) electrons. The zero-order valence-corrected chi connectivity index (χ0v) is 10.4. The van der Waals surface area contributed by atoms with Gasteiger partial charge in [0.25, 0.3) is 0 Å². The first-order valence-electron chi connectivity index (χ1n) is 5.95. The maximum Gasteiger partial charge on any atom is 0.0663 e. The topological polar surface area (TPSA) is 38.5 Å². The molecule has 15 heavy (non-hydrogen) atoms. The molecule has 0 aromatic carbocycles. The summed E-state index contributed by atoms with van der Waals surface area (Å²) in [5, 5.41) is 0.794. The van der Waals surface area contributed by atoms with Crippen molar-refractivity contribution in [3.05, 3.63) is 0 Å². The second-order valence-corrected chi connectivity index (χ2v) is 5.99. The van der Waals surface area contributed by atoms with Crippen molar-refractivity contribution in [1.82, 2.24) is 4.90 Å². The van der Waals surface area contributed by atoms with Gasteiger partial charge < -0.3 is 10.5 Å². The van der Waals surface area contributed by atoms with E-state index in [2.05, 4.69) is 23.6 Å². The molecule has 2 aliphatic rings. The molecule has 2 saturated heterocycles. The SMILES string of the molecule is CCC1CN(C2(CN)CCOC2)CCS1. The Morgan fingerprint density at radius 2 is 2.47 bits per heavy atom. The molecule has 3 nitrogen and oxygen atoms in total. The van der Waals surface area contributed by atoms with E-state index < -0.39 is 0 Å². The lowest BCUT2D eigenvalue weighted by Crippen LogP contribution is -2.58. The minimum absolute atomic E-state index is 0.161. The lowest BCUT2D eigenvalue weighted by molar-refractivity contribution is 0.0744. The maximum absolute atomic E-state index is 5.96. The number of rotatable bonds is 3. The van der Waals surface area contributed by atoms with Crippen LogP contribution in [-0.2, 0) is 4.74 Å². The molecule has 0 bridgehead atoms. The van der Waals surface area contributed by atoms with Gasteiger partial charge in [-0.15, -0.1) is 0 Å². The van der Waals surface area contributed by atoms with Crippen molar-refractivity contribution in [3.8, 4) is 0 Å². The minimum Gasteiger partial charge on any atom is -0.379 e. The second-order valence-electron chi connectivity index (χ2n) is 4.58. The summed E-state index contributed by atoms with van der Waals surface area (Å²) in [6, 6.07) is 0. The normalized spacial score (nSPS) is 38.4. The Bertz CT molecular complexity index is 207. The number of ether oxygens (including phenoxy) is 1. The quantitative estimate of drug-likeness (QED) is 0.783. The van der Waals surface area contributed by atoms with E-state index in [4.69, 9.17) is 10.5 Å². The van der Waals surface area contributed by atoms with E-state index in [-0.39, 0.29) is 5.54 Å². The summed E-state index contributed by atoms with van der Waals surface area (Å²) < 4.78 is 5.54. The van der Waals surface area contributed by atoms with Gasteiger partial charge >= 0.3 is 0 Å². The molecule has 2 N–H and O–H groups in total. The Kier molecular flexibility index (Phi) is 3.93. The van der Waals surface area contributed by atoms with E-state index in [0.29, 0.717) is 0 Å². The predicted molar refractivity (Wildman–Crippen MR) is 65.3 cm³/mol. The van der Waals surface area contributed by atoms with Gasteiger partial charge in [-0.2, -0.15) is 11.8 Å². The van der Waals surface area contributed by atoms with Crippen molar-refractivity contribution >= 4 is 11.8 Å². The van der Waals surface area contributed by atoms with Crippen LogP contribution in [0, 0.1) is 0 Å². The molecular weight excluding hydrogens is 208 g/mol. The molecule has 0 aromatic rings. The number of hydrogen-bond donors (Lipinski definition) is 1. The van der Waals surface area contributed by atoms with Crippen molar-refractivity contribution in [2.45, 2.75) is 30.6 Å². The molecule has 2 fully saturated rings. The first-order chi connectivity index (χ1) is 7.30. The first kappa shape index (κ1) is 11.7. The van der Waals surface area contributed by atoms with Gasteiger partial charge in [0.1, 0.15) is 0 Å². The Labute approximate surface area is 96.7 Å². The molecule has 0 aromatic heterocycles. The summed E-state index contributed by atoms with van der Waals surface area (Å²) in [6.07, 6.45) is 2.38. The van der Waals surface area contributed by atoms with Crippen LogP contribution in [0.1, 0.15) is 19.8 Å². The van der Waals surface area contributed by atoms with E-state index in [0.717, 1.165) is 31.4 Å². The molecule has 4 heteroatoms. The maximum atomic E-state index is 5.96. The number of hydrogen-bond acceptors (Lipinski definition) is 4. The van der Waals surface area contributed by atoms with E-state index in [9.17, 15) is 0 Å². The molecule has 2 atom stereocenters. The highest BCUT2D eigenvalue weighted by atomic mass is 32.2. The van der Waals surface area contributed by atoms with Crippen LogP contribution in [0.2, 0.25) is 0 Å². The molecule has 0 spiro atoms. The van der Waals surface area contributed by atoms with Gasteiger partial charge in [0.05, 0.1) is 12.1 Å². The van der Waals surface area contributed by atoms with Crippen molar-refractivity contribution in [2.75, 3.05) is 38.6 Å². The van der Waals surface area contributed by atoms with Gasteiger partial charge in [0.15, 0.2) is 0 Å². The fourth-order valence-electron chi connectivity index (χ4n) is 2.53. The number of nitrogens with two attached hydrogens (primary N) is 1. The molecule has 0 aliphatic carbocycles. The predicted octanol–water partition coefficient (Wildman–Crippen LogP) is 0.932. The third kappa shape index (κ3) is 2.33. The van der Waals surface area contributed by atoms with E-state index >= 15 is 0 Å². The van der Waals surface area contributed by atoms with Gasteiger partial charge in [0, 0.05) is 37.2 Å².